The molecule has 4 heterocycles. The van der Waals surface area contributed by atoms with Crippen LogP contribution < -0.4 is 10.6 Å². The predicted molar refractivity (Wildman–Crippen MR) is 201 cm³/mol. The van der Waals surface area contributed by atoms with Crippen molar-refractivity contribution in [1.82, 2.24) is 30.5 Å². The molecule has 4 aliphatic heterocycles. The van der Waals surface area contributed by atoms with Crippen LogP contribution in [0.5, 0.6) is 0 Å². The van der Waals surface area contributed by atoms with Crippen LogP contribution in [0.2, 0.25) is 0 Å². The summed E-state index contributed by atoms with van der Waals surface area (Å²) >= 11 is 0. The van der Waals surface area contributed by atoms with Gasteiger partial charge in [0.15, 0.2) is 0 Å². The van der Waals surface area contributed by atoms with Crippen LogP contribution in [0.4, 0.5) is 0 Å². The summed E-state index contributed by atoms with van der Waals surface area (Å²) in [6.07, 6.45) is 7.36. The average Bonchev–Trinajstić information content (AvgIpc) is 3.70. The molecule has 0 spiro atoms. The van der Waals surface area contributed by atoms with Gasteiger partial charge in [-0.25, -0.2) is 10.0 Å². The van der Waals surface area contributed by atoms with Crippen LogP contribution in [0.15, 0.2) is 70.9 Å². The first kappa shape index (κ1) is 37.8. The molecule has 2 fully saturated rings. The Morgan fingerprint density at radius 3 is 1.94 bits per heavy atom. The second-order valence-corrected chi connectivity index (χ2v) is 14.7. The van der Waals surface area contributed by atoms with E-state index in [4.69, 9.17) is 0 Å². The van der Waals surface area contributed by atoms with Gasteiger partial charge in [0.25, 0.3) is 11.8 Å². The third-order valence-electron chi connectivity index (χ3n) is 11.1. The van der Waals surface area contributed by atoms with E-state index >= 15 is 0 Å². The minimum absolute atomic E-state index is 0.130. The van der Waals surface area contributed by atoms with E-state index in [0.717, 1.165) is 11.1 Å². The summed E-state index contributed by atoms with van der Waals surface area (Å²) in [6, 6.07) is 14.6. The van der Waals surface area contributed by atoms with Crippen LogP contribution in [-0.4, -0.2) is 118 Å². The molecule has 0 bridgehead atoms. The van der Waals surface area contributed by atoms with Crippen LogP contribution in [0.25, 0.3) is 0 Å². The number of amides is 5. The largest absolute Gasteiger partial charge is 0.350 e. The molecule has 2 N–H and O–H groups in total. The number of carbonyl (C=O) groups is 5. The highest BCUT2D eigenvalue weighted by Gasteiger charge is 2.46. The summed E-state index contributed by atoms with van der Waals surface area (Å²) in [6.45, 7) is 4.63. The molecule has 2 aromatic carbocycles. The van der Waals surface area contributed by atoms with Crippen molar-refractivity contribution in [3.8, 4) is 0 Å². The summed E-state index contributed by atoms with van der Waals surface area (Å²) in [7, 11) is 1.59. The predicted octanol–water partition coefficient (Wildman–Crippen LogP) is 2.75. The van der Waals surface area contributed by atoms with Gasteiger partial charge in [-0.1, -0.05) is 80.9 Å². The number of carbonyl (C=O) groups excluding carboxylic acids is 5. The van der Waals surface area contributed by atoms with E-state index in [1.807, 2.05) is 74.5 Å². The molecular formula is C40H52N8O5. The maximum absolute atomic E-state index is 14.7. The highest BCUT2D eigenvalue weighted by atomic mass is 16.2. The second-order valence-electron chi connectivity index (χ2n) is 14.7. The molecule has 6 rings (SSSR count). The van der Waals surface area contributed by atoms with Crippen molar-refractivity contribution in [1.29, 1.82) is 0 Å². The average molecular weight is 725 g/mol. The van der Waals surface area contributed by atoms with Crippen molar-refractivity contribution in [3.63, 3.8) is 0 Å². The number of benzene rings is 2. The molecule has 2 aromatic rings. The van der Waals surface area contributed by atoms with Crippen molar-refractivity contribution in [2.75, 3.05) is 20.1 Å². The first-order chi connectivity index (χ1) is 25.7. The van der Waals surface area contributed by atoms with Crippen LogP contribution in [-0.2, 0) is 36.8 Å². The lowest BCUT2D eigenvalue weighted by atomic mass is 9.95. The van der Waals surface area contributed by atoms with Gasteiger partial charge < -0.3 is 20.4 Å². The monoisotopic (exact) mass is 724 g/mol. The number of hydrogen-bond acceptors (Lipinski definition) is 8. The molecule has 53 heavy (non-hydrogen) atoms. The number of nitrogens with one attached hydrogen (secondary N) is 2. The third-order valence-corrected chi connectivity index (χ3v) is 11.1. The standard InChI is InChI=1S/C40H52N8O5/c1-4-27(2)35-40(53)48-33(19-12-22-43-48)39(52)47-32(18-11-21-42-47)37(50)45(3)34(25-29-16-9-6-10-17-29)38(51)46-23-13-20-31(46)36(49)44-30(26-41-35)24-28-14-7-5-8-15-28/h5-10,14-17,21-22,27,30-35,41H,4,11-13,18-20,23-26H2,1-3H3,(H,44,49)/t27-,30-,31+,32+,33-,34-,35+/m1/s1. The SMILES string of the molecule is CC[C@@H](C)[C@@H]1NC[C@@H](Cc2ccccc2)NC(=O)[C@@H]2CCCN2C(=O)[C@@H](Cc2ccccc2)N(C)C(=O)[C@@H]2CCC=NN2C(=O)[C@H]2CCC=NN2C1=O. The molecule has 0 unspecified atom stereocenters. The molecule has 0 aromatic heterocycles. The number of likely N-dealkylation sites (N-methyl/N-ethyl adjacent to an activating group) is 1. The zero-order chi connectivity index (χ0) is 37.5. The smallest absolute Gasteiger partial charge is 0.268 e. The Morgan fingerprint density at radius 2 is 1.32 bits per heavy atom. The lowest BCUT2D eigenvalue weighted by molar-refractivity contribution is -0.156. The summed E-state index contributed by atoms with van der Waals surface area (Å²) in [4.78, 5) is 75.4. The zero-order valence-electron chi connectivity index (χ0n) is 31.0. The molecule has 4 aliphatic rings. The molecule has 0 saturated carbocycles. The Labute approximate surface area is 311 Å². The number of hydrazone groups is 2. The van der Waals surface area contributed by atoms with Gasteiger partial charge in [0.2, 0.25) is 17.7 Å². The number of hydrogen-bond donors (Lipinski definition) is 2. The van der Waals surface area contributed by atoms with Gasteiger partial charge in [-0.15, -0.1) is 0 Å². The van der Waals surface area contributed by atoms with E-state index in [1.54, 1.807) is 24.4 Å². The first-order valence-electron chi connectivity index (χ1n) is 19.1. The topological polar surface area (TPSA) is 147 Å². The van der Waals surface area contributed by atoms with Crippen LogP contribution in [0, 0.1) is 5.92 Å². The lowest BCUT2D eigenvalue weighted by Crippen LogP contribution is -2.62. The first-order valence-corrected chi connectivity index (χ1v) is 19.1. The fourth-order valence-electron chi connectivity index (χ4n) is 7.85. The summed E-state index contributed by atoms with van der Waals surface area (Å²) in [5, 5.41) is 18.0. The van der Waals surface area contributed by atoms with Crippen LogP contribution in [0.1, 0.15) is 69.9 Å². The molecule has 5 amide bonds. The number of nitrogens with zero attached hydrogens (tertiary/aromatic N) is 6. The molecule has 0 radical (unpaired) electrons. The van der Waals surface area contributed by atoms with E-state index < -0.39 is 48.1 Å². The highest BCUT2D eigenvalue weighted by molar-refractivity contribution is 5.97. The highest BCUT2D eigenvalue weighted by Crippen LogP contribution is 2.27. The quantitative estimate of drug-likeness (QED) is 0.469. The van der Waals surface area contributed by atoms with Gasteiger partial charge in [0.05, 0.1) is 6.04 Å². The van der Waals surface area contributed by atoms with Gasteiger partial charge in [-0.05, 0) is 62.0 Å². The molecule has 7 atom stereocenters. The van der Waals surface area contributed by atoms with Gasteiger partial charge >= 0.3 is 0 Å². The Balaban J connectivity index is 1.41. The van der Waals surface area contributed by atoms with E-state index in [9.17, 15) is 24.0 Å². The Kier molecular flexibility index (Phi) is 12.3. The van der Waals surface area contributed by atoms with Crippen molar-refractivity contribution < 1.29 is 24.0 Å². The number of rotatable bonds is 6. The zero-order valence-corrected chi connectivity index (χ0v) is 31.0. The van der Waals surface area contributed by atoms with Gasteiger partial charge in [-0.2, -0.15) is 10.2 Å². The van der Waals surface area contributed by atoms with Crippen LogP contribution >= 0.6 is 0 Å². The molecule has 2 saturated heterocycles. The molecule has 0 aliphatic carbocycles. The minimum atomic E-state index is -0.981. The van der Waals surface area contributed by atoms with Crippen molar-refractivity contribution in [2.24, 2.45) is 16.1 Å². The second kappa shape index (κ2) is 17.3. The molecular weight excluding hydrogens is 672 g/mol. The van der Waals surface area contributed by atoms with E-state index in [2.05, 4.69) is 20.8 Å². The van der Waals surface area contributed by atoms with Crippen molar-refractivity contribution >= 4 is 42.0 Å². The van der Waals surface area contributed by atoms with Crippen LogP contribution in [0.3, 0.4) is 0 Å². The minimum Gasteiger partial charge on any atom is -0.350 e. The maximum atomic E-state index is 14.7. The molecule has 13 heteroatoms. The Hall–Kier alpha value is -4.91. The number of fused-ring (bicyclic) bond motifs is 3. The van der Waals surface area contributed by atoms with E-state index in [-0.39, 0.29) is 36.6 Å². The fourth-order valence-corrected chi connectivity index (χ4v) is 7.85. The van der Waals surface area contributed by atoms with Gasteiger partial charge in [-0.3, -0.25) is 24.0 Å². The normalized spacial score (nSPS) is 28.2. The van der Waals surface area contributed by atoms with Crippen molar-refractivity contribution in [3.05, 3.63) is 71.8 Å². The summed E-state index contributed by atoms with van der Waals surface area (Å²) in [5.74, 6) is -1.97. The molecule has 282 valence electrons. The summed E-state index contributed by atoms with van der Waals surface area (Å²) in [5.41, 5.74) is 1.88. The van der Waals surface area contributed by atoms with E-state index in [1.165, 1.54) is 14.9 Å². The molecule has 13 nitrogen and oxygen atoms in total. The van der Waals surface area contributed by atoms with Gasteiger partial charge in [0.1, 0.15) is 24.2 Å². The maximum Gasteiger partial charge on any atom is 0.268 e. The Bertz CT molecular complexity index is 1690. The van der Waals surface area contributed by atoms with E-state index in [0.29, 0.717) is 57.9 Å². The summed E-state index contributed by atoms with van der Waals surface area (Å²) < 4.78 is 0. The Morgan fingerprint density at radius 1 is 0.736 bits per heavy atom. The lowest BCUT2D eigenvalue weighted by Gasteiger charge is -2.40. The van der Waals surface area contributed by atoms with Gasteiger partial charge in [0, 0.05) is 45.0 Å². The third kappa shape index (κ3) is 8.51. The van der Waals surface area contributed by atoms with Crippen molar-refractivity contribution in [2.45, 2.75) is 108 Å². The fraction of sp³-hybridized carbons (Fsp3) is 0.525.